The monoisotopic (exact) mass is 266 g/mol. The molecule has 1 aliphatic heterocycles. The first kappa shape index (κ1) is 12.9. The van der Waals surface area contributed by atoms with E-state index in [-0.39, 0.29) is 17.7 Å². The van der Waals surface area contributed by atoms with E-state index in [0.29, 0.717) is 18.7 Å². The van der Waals surface area contributed by atoms with Crippen molar-refractivity contribution < 1.29 is 9.59 Å². The van der Waals surface area contributed by atoms with E-state index < -0.39 is 0 Å². The smallest absolute Gasteiger partial charge is 0.239 e. The van der Waals surface area contributed by atoms with Crippen LogP contribution in [0.3, 0.4) is 0 Å². The molecule has 0 radical (unpaired) electrons. The number of nitrogens with zero attached hydrogens (tertiary/aromatic N) is 1. The number of rotatable bonds is 4. The van der Waals surface area contributed by atoms with Crippen LogP contribution < -0.4 is 5.32 Å². The normalized spacial score (nSPS) is 14.9. The van der Waals surface area contributed by atoms with E-state index in [1.54, 1.807) is 6.07 Å². The number of halogens is 1. The Hall–Kier alpha value is -1.55. The highest BCUT2D eigenvalue weighted by molar-refractivity contribution is 6.29. The average Bonchev–Trinajstić information content (AvgIpc) is 2.75. The third kappa shape index (κ3) is 3.23. The van der Waals surface area contributed by atoms with Crippen LogP contribution >= 0.6 is 11.6 Å². The lowest BCUT2D eigenvalue weighted by molar-refractivity contribution is -0.128. The minimum atomic E-state index is -0.230. The van der Waals surface area contributed by atoms with Crippen molar-refractivity contribution in [3.05, 3.63) is 29.8 Å². The van der Waals surface area contributed by atoms with Gasteiger partial charge in [0.1, 0.15) is 5.88 Å². The fraction of sp³-hybridized carbons (Fsp3) is 0.385. The number of amides is 2. The molecule has 0 saturated carbocycles. The van der Waals surface area contributed by atoms with E-state index in [1.807, 2.05) is 23.1 Å². The molecule has 1 fully saturated rings. The van der Waals surface area contributed by atoms with E-state index >= 15 is 0 Å². The molecule has 5 heteroatoms. The maximum absolute atomic E-state index is 11.5. The van der Waals surface area contributed by atoms with E-state index in [1.165, 1.54) is 0 Å². The van der Waals surface area contributed by atoms with Crippen molar-refractivity contribution in [1.82, 2.24) is 4.90 Å². The fourth-order valence-corrected chi connectivity index (χ4v) is 2.10. The van der Waals surface area contributed by atoms with Crippen LogP contribution in [-0.4, -0.2) is 29.1 Å². The van der Waals surface area contributed by atoms with Gasteiger partial charge in [0.2, 0.25) is 11.8 Å². The maximum Gasteiger partial charge on any atom is 0.239 e. The van der Waals surface area contributed by atoms with Crippen molar-refractivity contribution in [3.63, 3.8) is 0 Å². The molecule has 1 N–H and O–H groups in total. The van der Waals surface area contributed by atoms with Crippen LogP contribution in [0.2, 0.25) is 0 Å². The second kappa shape index (κ2) is 5.87. The lowest BCUT2D eigenvalue weighted by atomic mass is 10.2. The molecule has 0 bridgehead atoms. The molecule has 96 valence electrons. The molecule has 4 nitrogen and oxygen atoms in total. The Kier molecular flexibility index (Phi) is 4.20. The highest BCUT2D eigenvalue weighted by Crippen LogP contribution is 2.17. The molecule has 0 aromatic heterocycles. The van der Waals surface area contributed by atoms with Gasteiger partial charge in [-0.1, -0.05) is 12.1 Å². The Morgan fingerprint density at radius 2 is 2.28 bits per heavy atom. The van der Waals surface area contributed by atoms with Crippen molar-refractivity contribution in [2.75, 3.05) is 17.7 Å². The molecule has 18 heavy (non-hydrogen) atoms. The predicted octanol–water partition coefficient (Wildman–Crippen LogP) is 1.99. The minimum absolute atomic E-state index is 0.0607. The summed E-state index contributed by atoms with van der Waals surface area (Å²) in [7, 11) is 0. The summed E-state index contributed by atoms with van der Waals surface area (Å²) in [6.07, 6.45) is 1.57. The molecule has 1 heterocycles. The van der Waals surface area contributed by atoms with Gasteiger partial charge in [0.25, 0.3) is 0 Å². The third-order valence-corrected chi connectivity index (χ3v) is 3.12. The molecule has 1 saturated heterocycles. The topological polar surface area (TPSA) is 49.4 Å². The number of likely N-dealkylation sites (tertiary alicyclic amines) is 1. The van der Waals surface area contributed by atoms with Crippen molar-refractivity contribution in [1.29, 1.82) is 0 Å². The molecule has 0 atom stereocenters. The number of hydrogen-bond acceptors (Lipinski definition) is 2. The molecular formula is C13H15ClN2O2. The van der Waals surface area contributed by atoms with Gasteiger partial charge in [-0.2, -0.15) is 0 Å². The van der Waals surface area contributed by atoms with Gasteiger partial charge < -0.3 is 10.2 Å². The molecule has 1 aromatic carbocycles. The standard InChI is InChI=1S/C13H15ClN2O2/c14-8-12(17)15-11-4-1-3-10(7-11)9-16-6-2-5-13(16)18/h1,3-4,7H,2,5-6,8-9H2,(H,15,17). The molecule has 1 aliphatic rings. The van der Waals surface area contributed by atoms with Crippen molar-refractivity contribution in [2.45, 2.75) is 19.4 Å². The molecule has 0 aliphatic carbocycles. The summed E-state index contributed by atoms with van der Waals surface area (Å²) < 4.78 is 0. The minimum Gasteiger partial charge on any atom is -0.338 e. The average molecular weight is 267 g/mol. The predicted molar refractivity (Wildman–Crippen MR) is 70.4 cm³/mol. The van der Waals surface area contributed by atoms with E-state index in [4.69, 9.17) is 11.6 Å². The first-order valence-corrected chi connectivity index (χ1v) is 6.45. The molecule has 0 unspecified atom stereocenters. The van der Waals surface area contributed by atoms with E-state index in [0.717, 1.165) is 18.5 Å². The lowest BCUT2D eigenvalue weighted by Crippen LogP contribution is -2.23. The SMILES string of the molecule is O=C(CCl)Nc1cccc(CN2CCCC2=O)c1. The number of hydrogen-bond donors (Lipinski definition) is 1. The van der Waals surface area contributed by atoms with Gasteiger partial charge in [-0.15, -0.1) is 11.6 Å². The van der Waals surface area contributed by atoms with Crippen molar-refractivity contribution in [3.8, 4) is 0 Å². The fourth-order valence-electron chi connectivity index (χ4n) is 2.03. The highest BCUT2D eigenvalue weighted by Gasteiger charge is 2.19. The van der Waals surface area contributed by atoms with Crippen LogP contribution in [0.25, 0.3) is 0 Å². The van der Waals surface area contributed by atoms with Crippen LogP contribution in [0.1, 0.15) is 18.4 Å². The van der Waals surface area contributed by atoms with Gasteiger partial charge in [0, 0.05) is 25.2 Å². The Morgan fingerprint density at radius 1 is 1.44 bits per heavy atom. The lowest BCUT2D eigenvalue weighted by Gasteiger charge is -2.16. The molecule has 0 spiro atoms. The van der Waals surface area contributed by atoms with E-state index in [9.17, 15) is 9.59 Å². The third-order valence-electron chi connectivity index (χ3n) is 2.88. The number of carbonyl (C=O) groups excluding carboxylic acids is 2. The number of benzene rings is 1. The van der Waals surface area contributed by atoms with E-state index in [2.05, 4.69) is 5.32 Å². The van der Waals surface area contributed by atoms with Crippen molar-refractivity contribution >= 4 is 29.1 Å². The maximum atomic E-state index is 11.5. The van der Waals surface area contributed by atoms with Gasteiger partial charge in [-0.05, 0) is 24.1 Å². The number of nitrogens with one attached hydrogen (secondary N) is 1. The summed E-state index contributed by atoms with van der Waals surface area (Å²) in [5, 5.41) is 2.69. The number of carbonyl (C=O) groups is 2. The van der Waals surface area contributed by atoms with Gasteiger partial charge in [-0.3, -0.25) is 9.59 Å². The zero-order valence-electron chi connectivity index (χ0n) is 9.99. The second-order valence-electron chi connectivity index (χ2n) is 4.30. The number of alkyl halides is 1. The summed E-state index contributed by atoms with van der Waals surface area (Å²) in [5.74, 6) is -0.0919. The molecule has 2 amide bonds. The Bertz CT molecular complexity index is 462. The summed E-state index contributed by atoms with van der Waals surface area (Å²) in [6.45, 7) is 1.42. The Labute approximate surface area is 111 Å². The van der Waals surface area contributed by atoms with Crippen LogP contribution in [0, 0.1) is 0 Å². The Balaban J connectivity index is 2.02. The summed E-state index contributed by atoms with van der Waals surface area (Å²) in [4.78, 5) is 24.5. The van der Waals surface area contributed by atoms with Crippen LogP contribution in [0.4, 0.5) is 5.69 Å². The Morgan fingerprint density at radius 3 is 2.94 bits per heavy atom. The highest BCUT2D eigenvalue weighted by atomic mass is 35.5. The van der Waals surface area contributed by atoms with Gasteiger partial charge in [0.15, 0.2) is 0 Å². The van der Waals surface area contributed by atoms with Gasteiger partial charge in [-0.25, -0.2) is 0 Å². The van der Waals surface area contributed by atoms with Crippen molar-refractivity contribution in [2.24, 2.45) is 0 Å². The molecule has 2 rings (SSSR count). The molecular weight excluding hydrogens is 252 g/mol. The van der Waals surface area contributed by atoms with Crippen LogP contribution in [-0.2, 0) is 16.1 Å². The first-order valence-electron chi connectivity index (χ1n) is 5.91. The summed E-state index contributed by atoms with van der Waals surface area (Å²) in [5.41, 5.74) is 1.72. The zero-order chi connectivity index (χ0) is 13.0. The second-order valence-corrected chi connectivity index (χ2v) is 4.57. The molecule has 1 aromatic rings. The summed E-state index contributed by atoms with van der Waals surface area (Å²) >= 11 is 5.43. The van der Waals surface area contributed by atoms with Crippen LogP contribution in [0.15, 0.2) is 24.3 Å². The van der Waals surface area contributed by atoms with Gasteiger partial charge >= 0.3 is 0 Å². The quantitative estimate of drug-likeness (QED) is 0.848. The largest absolute Gasteiger partial charge is 0.338 e. The zero-order valence-corrected chi connectivity index (χ0v) is 10.7. The first-order chi connectivity index (χ1) is 8.69. The van der Waals surface area contributed by atoms with Crippen LogP contribution in [0.5, 0.6) is 0 Å². The summed E-state index contributed by atoms with van der Waals surface area (Å²) in [6, 6.07) is 7.48. The van der Waals surface area contributed by atoms with Gasteiger partial charge in [0.05, 0.1) is 0 Å². The number of anilines is 1.